The third-order valence-corrected chi connectivity index (χ3v) is 7.44. The first-order valence-electron chi connectivity index (χ1n) is 13.9. The van der Waals surface area contributed by atoms with Gasteiger partial charge in [-0.25, -0.2) is 0 Å². The van der Waals surface area contributed by atoms with E-state index in [9.17, 15) is 15.2 Å². The molecule has 0 saturated heterocycles. The van der Waals surface area contributed by atoms with Crippen molar-refractivity contribution < 1.29 is 24.5 Å². The van der Waals surface area contributed by atoms with E-state index >= 15 is 0 Å². The molecule has 1 aromatic heterocycles. The molecule has 0 radical (unpaired) electrons. The number of hydrogen-bond donors (Lipinski definition) is 3. The number of hydrogen-bond acceptors (Lipinski definition) is 7. The van der Waals surface area contributed by atoms with E-state index in [0.717, 1.165) is 33.4 Å². The summed E-state index contributed by atoms with van der Waals surface area (Å²) in [7, 11) is 0. The Kier molecular flexibility index (Phi) is 11.0. The zero-order valence-electron chi connectivity index (χ0n) is 24.4. The Hall–Kier alpha value is -4.86. The summed E-state index contributed by atoms with van der Waals surface area (Å²) in [5.41, 5.74) is 7.85. The molecule has 3 aromatic carbocycles. The fourth-order valence-corrected chi connectivity index (χ4v) is 5.01. The molecule has 0 bridgehead atoms. The van der Waals surface area contributed by atoms with Crippen LogP contribution in [0.4, 0.5) is 0 Å². The van der Waals surface area contributed by atoms with Gasteiger partial charge in [-0.1, -0.05) is 47.9 Å². The van der Waals surface area contributed by atoms with Gasteiger partial charge >= 0.3 is 5.97 Å². The van der Waals surface area contributed by atoms with Crippen LogP contribution in [0.3, 0.4) is 0 Å². The molecule has 9 heteroatoms. The molecule has 0 amide bonds. The number of benzene rings is 3. The summed E-state index contributed by atoms with van der Waals surface area (Å²) in [4.78, 5) is 15.0. The van der Waals surface area contributed by atoms with Crippen LogP contribution >= 0.6 is 11.6 Å². The number of carbonyl (C=O) groups is 1. The largest absolute Gasteiger partial charge is 0.488 e. The Morgan fingerprint density at radius 3 is 2.48 bits per heavy atom. The lowest BCUT2D eigenvalue weighted by molar-refractivity contribution is -0.139. The number of aliphatic hydroxyl groups is 1. The van der Waals surface area contributed by atoms with Crippen LogP contribution in [-0.4, -0.2) is 33.8 Å². The van der Waals surface area contributed by atoms with Gasteiger partial charge in [-0.3, -0.25) is 9.78 Å². The highest BCUT2D eigenvalue weighted by atomic mass is 35.5. The van der Waals surface area contributed by atoms with Gasteiger partial charge in [0.05, 0.1) is 23.1 Å². The molecule has 4 rings (SSSR count). The van der Waals surface area contributed by atoms with Gasteiger partial charge in [0.25, 0.3) is 0 Å². The topological polar surface area (TPSA) is 125 Å². The van der Waals surface area contributed by atoms with E-state index in [2.05, 4.69) is 34.4 Å². The number of terminal acetylenes is 1. The molecule has 8 nitrogen and oxygen atoms in total. The molecule has 0 aliphatic rings. The van der Waals surface area contributed by atoms with Gasteiger partial charge in [-0.05, 0) is 59.9 Å². The van der Waals surface area contributed by atoms with Crippen LogP contribution in [0.1, 0.15) is 45.4 Å². The lowest BCUT2D eigenvalue weighted by Gasteiger charge is -2.18. The number of aliphatic carboxylic acids is 1. The van der Waals surface area contributed by atoms with E-state index in [1.165, 1.54) is 6.20 Å². The second-order valence-corrected chi connectivity index (χ2v) is 10.7. The molecule has 4 aromatic rings. The minimum absolute atomic E-state index is 0.0646. The molecule has 1 heterocycles. The molecule has 0 fully saturated rings. The number of nitriles is 1. The Morgan fingerprint density at radius 1 is 1.02 bits per heavy atom. The van der Waals surface area contributed by atoms with Gasteiger partial charge in [-0.2, -0.15) is 5.26 Å². The lowest BCUT2D eigenvalue weighted by atomic mass is 9.92. The number of ether oxygens (including phenoxy) is 2. The first kappa shape index (κ1) is 32.1. The van der Waals surface area contributed by atoms with Gasteiger partial charge in [-0.15, -0.1) is 6.42 Å². The Balaban J connectivity index is 1.57. The molecule has 0 aliphatic carbocycles. The van der Waals surface area contributed by atoms with E-state index < -0.39 is 12.1 Å². The van der Waals surface area contributed by atoms with Gasteiger partial charge in [0.2, 0.25) is 0 Å². The van der Waals surface area contributed by atoms with Crippen LogP contribution in [-0.2, 0) is 24.6 Å². The molecule has 0 spiro atoms. The zero-order chi connectivity index (χ0) is 31.6. The van der Waals surface area contributed by atoms with Crippen molar-refractivity contribution in [1.82, 2.24) is 10.3 Å². The molecule has 1 atom stereocenters. The second-order valence-electron chi connectivity index (χ2n) is 10.3. The van der Waals surface area contributed by atoms with Crippen LogP contribution in [0.5, 0.6) is 11.5 Å². The van der Waals surface area contributed by atoms with Crippen molar-refractivity contribution in [2.75, 3.05) is 6.54 Å². The zero-order valence-corrected chi connectivity index (χ0v) is 25.2. The number of pyridine rings is 1. The molecule has 1 unspecified atom stereocenters. The maximum absolute atomic E-state index is 10.9. The van der Waals surface area contributed by atoms with Crippen molar-refractivity contribution in [3.63, 3.8) is 0 Å². The van der Waals surface area contributed by atoms with E-state index in [-0.39, 0.29) is 32.7 Å². The Labute approximate surface area is 261 Å². The maximum atomic E-state index is 10.9. The minimum atomic E-state index is -1.09. The lowest BCUT2D eigenvalue weighted by Crippen LogP contribution is -2.28. The first-order valence-corrected chi connectivity index (χ1v) is 14.3. The number of rotatable bonds is 13. The minimum Gasteiger partial charge on any atom is -0.488 e. The number of nitrogens with one attached hydrogen (secondary N) is 1. The molecule has 0 saturated carbocycles. The van der Waals surface area contributed by atoms with Crippen LogP contribution in [0.15, 0.2) is 67.0 Å². The van der Waals surface area contributed by atoms with Gasteiger partial charge in [0.15, 0.2) is 0 Å². The number of halogens is 1. The molecule has 44 heavy (non-hydrogen) atoms. The van der Waals surface area contributed by atoms with E-state index in [1.54, 1.807) is 24.4 Å². The Morgan fingerprint density at radius 2 is 1.75 bits per heavy atom. The van der Waals surface area contributed by atoms with Crippen LogP contribution in [0, 0.1) is 37.5 Å². The molecular formula is C35H32ClN3O5. The highest BCUT2D eigenvalue weighted by molar-refractivity contribution is 6.32. The fourth-order valence-electron chi connectivity index (χ4n) is 4.77. The average Bonchev–Trinajstić information content (AvgIpc) is 3.00. The van der Waals surface area contributed by atoms with E-state index in [0.29, 0.717) is 33.2 Å². The molecule has 0 aliphatic heterocycles. The molecule has 3 N–H and O–H groups in total. The summed E-state index contributed by atoms with van der Waals surface area (Å²) in [5.74, 6) is 2.54. The van der Waals surface area contributed by atoms with Crippen molar-refractivity contribution >= 4 is 17.6 Å². The fraction of sp³-hybridized carbons (Fsp3) is 0.229. The monoisotopic (exact) mass is 609 g/mol. The SMILES string of the molecule is C#Cc1cccc(-c2cccc(COc3cc(OCc4cncc(C#N)c4)c(CNCC(O)CC(=O)O)cc3Cl)c2C)c1C. The highest BCUT2D eigenvalue weighted by Crippen LogP contribution is 2.35. The normalized spacial score (nSPS) is 11.3. The summed E-state index contributed by atoms with van der Waals surface area (Å²) < 4.78 is 12.3. The second kappa shape index (κ2) is 15.0. The maximum Gasteiger partial charge on any atom is 0.306 e. The van der Waals surface area contributed by atoms with E-state index in [4.69, 9.17) is 32.6 Å². The van der Waals surface area contributed by atoms with Crippen molar-refractivity contribution in [3.05, 3.63) is 111 Å². The van der Waals surface area contributed by atoms with Gasteiger partial charge in [0, 0.05) is 48.2 Å². The van der Waals surface area contributed by atoms with Crippen molar-refractivity contribution in [1.29, 1.82) is 5.26 Å². The molecular weight excluding hydrogens is 578 g/mol. The summed E-state index contributed by atoms with van der Waals surface area (Å²) in [6, 6.07) is 19.2. The van der Waals surface area contributed by atoms with Crippen molar-refractivity contribution in [2.45, 2.75) is 46.1 Å². The average molecular weight is 610 g/mol. The van der Waals surface area contributed by atoms with Crippen LogP contribution in [0.2, 0.25) is 5.02 Å². The first-order chi connectivity index (χ1) is 21.2. The van der Waals surface area contributed by atoms with Crippen molar-refractivity contribution in [2.24, 2.45) is 0 Å². The van der Waals surface area contributed by atoms with Crippen LogP contribution in [0.25, 0.3) is 11.1 Å². The standard InChI is InChI=1S/C35H32ClN3O5/c1-4-26-7-5-9-30(22(26)2)31-10-6-8-27(23(31)3)21-44-34-14-33(43-20-25-11-24(15-37)16-38-17-25)28(12-32(34)36)18-39-19-29(40)13-35(41)42/h1,5-12,14,16-17,29,39-40H,13,18-21H2,2-3H3,(H,41,42). The Bertz CT molecular complexity index is 1740. The molecule has 224 valence electrons. The number of nitrogens with zero attached hydrogens (tertiary/aromatic N) is 2. The predicted molar refractivity (Wildman–Crippen MR) is 168 cm³/mol. The summed E-state index contributed by atoms with van der Waals surface area (Å²) in [5, 5.41) is 31.5. The van der Waals surface area contributed by atoms with Gasteiger partial charge < -0.3 is 25.0 Å². The smallest absolute Gasteiger partial charge is 0.306 e. The van der Waals surface area contributed by atoms with Crippen LogP contribution < -0.4 is 14.8 Å². The predicted octanol–water partition coefficient (Wildman–Crippen LogP) is 5.96. The summed E-state index contributed by atoms with van der Waals surface area (Å²) in [6.07, 6.45) is 7.36. The number of aliphatic hydroxyl groups excluding tert-OH is 1. The van der Waals surface area contributed by atoms with E-state index in [1.807, 2.05) is 38.1 Å². The third-order valence-electron chi connectivity index (χ3n) is 7.15. The summed E-state index contributed by atoms with van der Waals surface area (Å²) >= 11 is 6.66. The third kappa shape index (κ3) is 8.15. The van der Waals surface area contributed by atoms with Crippen molar-refractivity contribution in [3.8, 4) is 41.0 Å². The number of aromatic nitrogens is 1. The van der Waals surface area contributed by atoms with Gasteiger partial charge in [0.1, 0.15) is 30.8 Å². The summed E-state index contributed by atoms with van der Waals surface area (Å²) in [6.45, 7) is 4.76. The number of carboxylic acids is 1. The highest BCUT2D eigenvalue weighted by Gasteiger charge is 2.16. The number of carboxylic acid groups (broad SMARTS) is 1. The quantitative estimate of drug-likeness (QED) is 0.159.